The zero-order valence-corrected chi connectivity index (χ0v) is 13.5. The second-order valence-electron chi connectivity index (χ2n) is 5.29. The highest BCUT2D eigenvalue weighted by Crippen LogP contribution is 2.28. The van der Waals surface area contributed by atoms with E-state index in [9.17, 15) is 9.59 Å². The number of carboxylic acid groups (broad SMARTS) is 1. The minimum Gasteiger partial charge on any atom is -0.481 e. The van der Waals surface area contributed by atoms with Gasteiger partial charge in [0.15, 0.2) is 0 Å². The summed E-state index contributed by atoms with van der Waals surface area (Å²) >= 11 is 3.19. The van der Waals surface area contributed by atoms with Crippen LogP contribution in [-0.2, 0) is 16.0 Å². The summed E-state index contributed by atoms with van der Waals surface area (Å²) in [6.07, 6.45) is 1.37. The molecule has 0 bridgehead atoms. The lowest BCUT2D eigenvalue weighted by Crippen LogP contribution is -2.41. The highest BCUT2D eigenvalue weighted by Gasteiger charge is 2.27. The molecule has 1 fully saturated rings. The molecule has 1 aliphatic heterocycles. The molecule has 0 unspecified atom stereocenters. The molecule has 2 aromatic heterocycles. The quantitative estimate of drug-likeness (QED) is 0.932. The van der Waals surface area contributed by atoms with Crippen molar-refractivity contribution in [1.29, 1.82) is 0 Å². The van der Waals surface area contributed by atoms with Gasteiger partial charge in [0.1, 0.15) is 5.01 Å². The molecule has 7 heteroatoms. The fraction of sp³-hybridized carbons (Fsp3) is 0.400. The van der Waals surface area contributed by atoms with Gasteiger partial charge in [0.2, 0.25) is 5.91 Å². The molecule has 5 nitrogen and oxygen atoms in total. The van der Waals surface area contributed by atoms with Crippen LogP contribution in [0.4, 0.5) is 0 Å². The van der Waals surface area contributed by atoms with E-state index in [2.05, 4.69) is 4.98 Å². The molecule has 0 spiro atoms. The summed E-state index contributed by atoms with van der Waals surface area (Å²) in [5, 5.41) is 13.9. The first-order valence-electron chi connectivity index (χ1n) is 7.12. The average Bonchev–Trinajstić information content (AvgIpc) is 3.18. The second-order valence-corrected chi connectivity index (χ2v) is 7.10. The van der Waals surface area contributed by atoms with Crippen LogP contribution in [-0.4, -0.2) is 40.0 Å². The number of aromatic nitrogens is 1. The molecule has 1 aliphatic rings. The van der Waals surface area contributed by atoms with E-state index in [-0.39, 0.29) is 11.8 Å². The van der Waals surface area contributed by atoms with E-state index in [0.29, 0.717) is 32.4 Å². The van der Waals surface area contributed by atoms with E-state index < -0.39 is 5.97 Å². The molecule has 1 saturated heterocycles. The Kier molecular flexibility index (Phi) is 4.54. The number of carbonyl (C=O) groups excluding carboxylic acids is 1. The van der Waals surface area contributed by atoms with Crippen LogP contribution in [0.25, 0.3) is 9.88 Å². The van der Waals surface area contributed by atoms with Gasteiger partial charge >= 0.3 is 5.97 Å². The lowest BCUT2D eigenvalue weighted by atomic mass is 9.97. The standard InChI is InChI=1S/C15H16N2O3S2/c18-13(17-5-3-10(4-6-17)15(19)20)8-11-9-22-14(16-11)12-2-1-7-21-12/h1-2,7,9-10H,3-6,8H2,(H,19,20). The van der Waals surface area contributed by atoms with Crippen LogP contribution < -0.4 is 0 Å². The summed E-state index contributed by atoms with van der Waals surface area (Å²) in [5.74, 6) is -1.03. The number of carboxylic acids is 1. The zero-order chi connectivity index (χ0) is 15.5. The zero-order valence-electron chi connectivity index (χ0n) is 11.9. The minimum atomic E-state index is -0.757. The molecule has 22 heavy (non-hydrogen) atoms. The third kappa shape index (κ3) is 3.36. The average molecular weight is 336 g/mol. The number of thiophene rings is 1. The summed E-state index contributed by atoms with van der Waals surface area (Å²) < 4.78 is 0. The van der Waals surface area contributed by atoms with Crippen molar-refractivity contribution in [1.82, 2.24) is 9.88 Å². The maximum atomic E-state index is 12.3. The van der Waals surface area contributed by atoms with Gasteiger partial charge < -0.3 is 10.0 Å². The van der Waals surface area contributed by atoms with Gasteiger partial charge in [-0.2, -0.15) is 0 Å². The second kappa shape index (κ2) is 6.58. The highest BCUT2D eigenvalue weighted by atomic mass is 32.1. The van der Waals surface area contributed by atoms with Gasteiger partial charge in [-0.25, -0.2) is 4.98 Å². The summed E-state index contributed by atoms with van der Waals surface area (Å²) in [4.78, 5) is 30.6. The molecule has 0 saturated carbocycles. The van der Waals surface area contributed by atoms with Crippen molar-refractivity contribution < 1.29 is 14.7 Å². The Morgan fingerprint density at radius 1 is 1.32 bits per heavy atom. The molecular weight excluding hydrogens is 320 g/mol. The van der Waals surface area contributed by atoms with E-state index in [1.54, 1.807) is 27.6 Å². The molecule has 3 rings (SSSR count). The minimum absolute atomic E-state index is 0.0341. The van der Waals surface area contributed by atoms with E-state index in [1.807, 2.05) is 22.9 Å². The van der Waals surface area contributed by atoms with E-state index >= 15 is 0 Å². The van der Waals surface area contributed by atoms with Gasteiger partial charge in [0, 0.05) is 18.5 Å². The number of hydrogen-bond acceptors (Lipinski definition) is 5. The summed E-state index contributed by atoms with van der Waals surface area (Å²) in [7, 11) is 0. The first-order valence-corrected chi connectivity index (χ1v) is 8.88. The number of amides is 1. The Hall–Kier alpha value is -1.73. The monoisotopic (exact) mass is 336 g/mol. The number of rotatable bonds is 4. The third-order valence-corrected chi connectivity index (χ3v) is 5.74. The molecule has 0 radical (unpaired) electrons. The topological polar surface area (TPSA) is 70.5 Å². The van der Waals surface area contributed by atoms with Crippen LogP contribution in [0.2, 0.25) is 0 Å². The molecular formula is C15H16N2O3S2. The van der Waals surface area contributed by atoms with Crippen molar-refractivity contribution in [3.05, 3.63) is 28.6 Å². The predicted molar refractivity (Wildman–Crippen MR) is 86.1 cm³/mol. The Labute approximate surface area is 136 Å². The number of hydrogen-bond donors (Lipinski definition) is 1. The van der Waals surface area contributed by atoms with E-state index in [4.69, 9.17) is 5.11 Å². The molecule has 116 valence electrons. The Balaban J connectivity index is 1.57. The first kappa shape index (κ1) is 15.2. The molecule has 0 atom stereocenters. The van der Waals surface area contributed by atoms with E-state index in [1.165, 1.54) is 0 Å². The van der Waals surface area contributed by atoms with Crippen LogP contribution in [0, 0.1) is 5.92 Å². The molecule has 0 aromatic carbocycles. The van der Waals surface area contributed by atoms with Gasteiger partial charge in [-0.05, 0) is 24.3 Å². The number of likely N-dealkylation sites (tertiary alicyclic amines) is 1. The fourth-order valence-corrected chi connectivity index (χ4v) is 4.18. The number of aliphatic carboxylic acids is 1. The summed E-state index contributed by atoms with van der Waals surface area (Å²) in [5.41, 5.74) is 0.791. The van der Waals surface area contributed by atoms with E-state index in [0.717, 1.165) is 15.6 Å². The van der Waals surface area contributed by atoms with Crippen LogP contribution in [0.1, 0.15) is 18.5 Å². The van der Waals surface area contributed by atoms with Gasteiger partial charge in [-0.3, -0.25) is 9.59 Å². The highest BCUT2D eigenvalue weighted by molar-refractivity contribution is 7.20. The number of nitrogens with zero attached hydrogens (tertiary/aromatic N) is 2. The fourth-order valence-electron chi connectivity index (χ4n) is 2.54. The molecule has 1 N–H and O–H groups in total. The number of carbonyl (C=O) groups is 2. The smallest absolute Gasteiger partial charge is 0.306 e. The number of piperidine rings is 1. The Bertz CT molecular complexity index is 658. The van der Waals surface area contributed by atoms with Crippen molar-refractivity contribution in [3.8, 4) is 9.88 Å². The molecule has 2 aromatic rings. The summed E-state index contributed by atoms with van der Waals surface area (Å²) in [6, 6.07) is 4.00. The SMILES string of the molecule is O=C(O)C1CCN(C(=O)Cc2csc(-c3cccs3)n2)CC1. The molecule has 0 aliphatic carbocycles. The lowest BCUT2D eigenvalue weighted by molar-refractivity contribution is -0.145. The third-order valence-electron chi connectivity index (χ3n) is 3.81. The van der Waals surface area contributed by atoms with Crippen molar-refractivity contribution in [2.24, 2.45) is 5.92 Å². The van der Waals surface area contributed by atoms with Gasteiger partial charge in [0.25, 0.3) is 0 Å². The van der Waals surface area contributed by atoms with Crippen LogP contribution in [0.15, 0.2) is 22.9 Å². The van der Waals surface area contributed by atoms with Crippen LogP contribution in [0.3, 0.4) is 0 Å². The summed E-state index contributed by atoms with van der Waals surface area (Å²) in [6.45, 7) is 1.05. The van der Waals surface area contributed by atoms with Crippen molar-refractivity contribution in [2.45, 2.75) is 19.3 Å². The maximum Gasteiger partial charge on any atom is 0.306 e. The van der Waals surface area contributed by atoms with Crippen molar-refractivity contribution in [2.75, 3.05) is 13.1 Å². The van der Waals surface area contributed by atoms with Crippen LogP contribution >= 0.6 is 22.7 Å². The Morgan fingerprint density at radius 3 is 2.73 bits per heavy atom. The lowest BCUT2D eigenvalue weighted by Gasteiger charge is -2.30. The normalized spacial score (nSPS) is 15.9. The number of thiazole rings is 1. The Morgan fingerprint density at radius 2 is 2.09 bits per heavy atom. The maximum absolute atomic E-state index is 12.3. The van der Waals surface area contributed by atoms with Crippen molar-refractivity contribution in [3.63, 3.8) is 0 Å². The van der Waals surface area contributed by atoms with Gasteiger partial charge in [-0.1, -0.05) is 6.07 Å². The molecule has 3 heterocycles. The first-order chi connectivity index (χ1) is 10.6. The van der Waals surface area contributed by atoms with Gasteiger partial charge in [0.05, 0.1) is 22.9 Å². The molecule has 1 amide bonds. The predicted octanol–water partition coefficient (Wildman–Crippen LogP) is 2.74. The van der Waals surface area contributed by atoms with Crippen LogP contribution in [0.5, 0.6) is 0 Å². The van der Waals surface area contributed by atoms with Gasteiger partial charge in [-0.15, -0.1) is 22.7 Å². The van der Waals surface area contributed by atoms with Crippen molar-refractivity contribution >= 4 is 34.6 Å². The largest absolute Gasteiger partial charge is 0.481 e.